The Labute approximate surface area is 124 Å². The normalized spacial score (nSPS) is 12.2. The number of nitrogens with zero attached hydrogens (tertiary/aromatic N) is 1. The van der Waals surface area contributed by atoms with Crippen LogP contribution in [0.3, 0.4) is 0 Å². The van der Waals surface area contributed by atoms with Gasteiger partial charge in [0.15, 0.2) is 11.6 Å². The summed E-state index contributed by atoms with van der Waals surface area (Å²) < 4.78 is 5.72. The van der Waals surface area contributed by atoms with Crippen molar-refractivity contribution in [3.8, 4) is 5.75 Å². The fourth-order valence-electron chi connectivity index (χ4n) is 1.84. The zero-order chi connectivity index (χ0) is 14.4. The van der Waals surface area contributed by atoms with Crippen LogP contribution in [0.5, 0.6) is 5.75 Å². The molecule has 0 aliphatic rings. The highest BCUT2D eigenvalue weighted by atomic mass is 35.5. The van der Waals surface area contributed by atoms with Crippen molar-refractivity contribution in [3.05, 3.63) is 54.2 Å². The minimum Gasteiger partial charge on any atom is -0.487 e. The first-order valence-corrected chi connectivity index (χ1v) is 7.15. The molecule has 0 amide bonds. The van der Waals surface area contributed by atoms with E-state index in [-0.39, 0.29) is 11.5 Å². The van der Waals surface area contributed by atoms with Crippen LogP contribution < -0.4 is 10.1 Å². The molecule has 2 aromatic rings. The van der Waals surface area contributed by atoms with Crippen LogP contribution >= 0.6 is 11.6 Å². The van der Waals surface area contributed by atoms with Gasteiger partial charge in [-0.15, -0.1) is 11.6 Å². The molecule has 0 saturated carbocycles. The van der Waals surface area contributed by atoms with Crippen molar-refractivity contribution in [2.24, 2.45) is 0 Å². The summed E-state index contributed by atoms with van der Waals surface area (Å²) in [5.41, 5.74) is 1.09. The van der Waals surface area contributed by atoms with Crippen LogP contribution in [0.2, 0.25) is 0 Å². The Morgan fingerprint density at radius 3 is 2.60 bits per heavy atom. The van der Waals surface area contributed by atoms with Crippen LogP contribution in [0.15, 0.2) is 48.7 Å². The van der Waals surface area contributed by atoms with E-state index >= 15 is 0 Å². The molecular formula is C16H19ClN2O. The highest BCUT2D eigenvalue weighted by Crippen LogP contribution is 2.25. The van der Waals surface area contributed by atoms with Gasteiger partial charge in [-0.2, -0.15) is 0 Å². The quantitative estimate of drug-likeness (QED) is 0.807. The molecule has 2 rings (SSSR count). The molecule has 1 atom stereocenters. The number of hydrogen-bond donors (Lipinski definition) is 1. The van der Waals surface area contributed by atoms with E-state index in [0.29, 0.717) is 6.54 Å². The van der Waals surface area contributed by atoms with Crippen LogP contribution in [-0.4, -0.2) is 17.6 Å². The smallest absolute Gasteiger partial charge is 0.168 e. The van der Waals surface area contributed by atoms with Crippen molar-refractivity contribution in [2.75, 3.05) is 11.9 Å². The van der Waals surface area contributed by atoms with Gasteiger partial charge < -0.3 is 10.1 Å². The molecule has 0 saturated heterocycles. The second-order valence-corrected chi connectivity index (χ2v) is 5.30. The van der Waals surface area contributed by atoms with Gasteiger partial charge in [0.1, 0.15) is 0 Å². The number of anilines is 1. The van der Waals surface area contributed by atoms with Gasteiger partial charge in [-0.1, -0.05) is 30.3 Å². The number of pyridine rings is 1. The van der Waals surface area contributed by atoms with Gasteiger partial charge >= 0.3 is 0 Å². The van der Waals surface area contributed by atoms with Crippen molar-refractivity contribution in [3.63, 3.8) is 0 Å². The topological polar surface area (TPSA) is 34.1 Å². The summed E-state index contributed by atoms with van der Waals surface area (Å²) in [4.78, 5) is 4.30. The Morgan fingerprint density at radius 1 is 1.15 bits per heavy atom. The first-order valence-electron chi connectivity index (χ1n) is 6.71. The van der Waals surface area contributed by atoms with Crippen molar-refractivity contribution in [1.29, 1.82) is 0 Å². The van der Waals surface area contributed by atoms with E-state index in [1.165, 1.54) is 0 Å². The monoisotopic (exact) mass is 290 g/mol. The molecule has 1 heterocycles. The van der Waals surface area contributed by atoms with E-state index in [1.54, 1.807) is 6.20 Å². The van der Waals surface area contributed by atoms with Crippen LogP contribution in [0.1, 0.15) is 24.8 Å². The van der Waals surface area contributed by atoms with Gasteiger partial charge in [0.25, 0.3) is 0 Å². The molecule has 0 spiro atoms. The molecule has 1 N–H and O–H groups in total. The lowest BCUT2D eigenvalue weighted by Gasteiger charge is -2.16. The molecule has 106 valence electrons. The van der Waals surface area contributed by atoms with Crippen molar-refractivity contribution < 1.29 is 4.74 Å². The lowest BCUT2D eigenvalue weighted by molar-refractivity contribution is 0.243. The van der Waals surface area contributed by atoms with E-state index in [0.717, 1.165) is 17.1 Å². The van der Waals surface area contributed by atoms with Gasteiger partial charge in [-0.3, -0.25) is 0 Å². The van der Waals surface area contributed by atoms with E-state index < -0.39 is 0 Å². The maximum atomic E-state index is 6.38. The van der Waals surface area contributed by atoms with Crippen LogP contribution in [-0.2, 0) is 0 Å². The van der Waals surface area contributed by atoms with E-state index in [2.05, 4.69) is 10.3 Å². The second-order valence-electron chi connectivity index (χ2n) is 4.78. The number of aromatic nitrogens is 1. The molecule has 1 aromatic heterocycles. The molecule has 0 bridgehead atoms. The van der Waals surface area contributed by atoms with Crippen molar-refractivity contribution >= 4 is 17.4 Å². The van der Waals surface area contributed by atoms with Crippen LogP contribution in [0.25, 0.3) is 0 Å². The number of hydrogen-bond acceptors (Lipinski definition) is 3. The summed E-state index contributed by atoms with van der Waals surface area (Å²) in [6.07, 6.45) is 1.85. The molecule has 1 aromatic carbocycles. The molecule has 0 aliphatic carbocycles. The third-order valence-electron chi connectivity index (χ3n) is 2.74. The minimum atomic E-state index is -0.106. The molecule has 0 fully saturated rings. The largest absolute Gasteiger partial charge is 0.487 e. The predicted octanol–water partition coefficient (Wildman–Crippen LogP) is 4.26. The van der Waals surface area contributed by atoms with Crippen molar-refractivity contribution in [2.45, 2.75) is 25.3 Å². The average molecular weight is 291 g/mol. The maximum absolute atomic E-state index is 6.38. The molecule has 1 unspecified atom stereocenters. The summed E-state index contributed by atoms with van der Waals surface area (Å²) in [6.45, 7) is 4.58. The predicted molar refractivity (Wildman–Crippen MR) is 83.5 cm³/mol. The Kier molecular flexibility index (Phi) is 5.24. The molecule has 0 radical (unpaired) electrons. The van der Waals surface area contributed by atoms with Gasteiger partial charge in [0.2, 0.25) is 0 Å². The zero-order valence-electron chi connectivity index (χ0n) is 11.7. The summed E-state index contributed by atoms with van der Waals surface area (Å²) in [5, 5.41) is 3.14. The number of halogens is 1. The van der Waals surface area contributed by atoms with Crippen molar-refractivity contribution in [1.82, 2.24) is 4.98 Å². The maximum Gasteiger partial charge on any atom is 0.168 e. The summed E-state index contributed by atoms with van der Waals surface area (Å²) in [6, 6.07) is 13.7. The fraction of sp³-hybridized carbons (Fsp3) is 0.312. The highest BCUT2D eigenvalue weighted by molar-refractivity contribution is 6.21. The lowest BCUT2D eigenvalue weighted by Crippen LogP contribution is -2.12. The van der Waals surface area contributed by atoms with Gasteiger partial charge in [-0.25, -0.2) is 4.98 Å². The molecule has 20 heavy (non-hydrogen) atoms. The molecular weight excluding hydrogens is 272 g/mol. The third-order valence-corrected chi connectivity index (χ3v) is 3.15. The lowest BCUT2D eigenvalue weighted by atomic mass is 10.1. The Bertz CT molecular complexity index is 531. The summed E-state index contributed by atoms with van der Waals surface area (Å²) in [5.74, 6) is 1.47. The Morgan fingerprint density at radius 2 is 1.90 bits per heavy atom. The van der Waals surface area contributed by atoms with Gasteiger partial charge in [0.05, 0.1) is 11.5 Å². The number of benzene rings is 1. The zero-order valence-corrected chi connectivity index (χ0v) is 12.5. The summed E-state index contributed by atoms with van der Waals surface area (Å²) in [7, 11) is 0. The standard InChI is InChI=1S/C16H19ClN2O/c1-12(2)20-15-9-6-10-18-16(15)19-11-14(17)13-7-4-3-5-8-13/h3-10,12,14H,11H2,1-2H3,(H,18,19). The molecule has 4 heteroatoms. The Hall–Kier alpha value is -1.74. The third kappa shape index (κ3) is 4.14. The van der Waals surface area contributed by atoms with E-state index in [9.17, 15) is 0 Å². The summed E-state index contributed by atoms with van der Waals surface area (Å²) >= 11 is 6.38. The Balaban J connectivity index is 2.00. The fourth-order valence-corrected chi connectivity index (χ4v) is 2.06. The van der Waals surface area contributed by atoms with Crippen LogP contribution in [0, 0.1) is 0 Å². The van der Waals surface area contributed by atoms with Crippen LogP contribution in [0.4, 0.5) is 5.82 Å². The van der Waals surface area contributed by atoms with Gasteiger partial charge in [-0.05, 0) is 31.5 Å². The molecule has 0 aliphatic heterocycles. The minimum absolute atomic E-state index is 0.106. The molecule has 3 nitrogen and oxygen atoms in total. The highest BCUT2D eigenvalue weighted by Gasteiger charge is 2.10. The SMILES string of the molecule is CC(C)Oc1cccnc1NCC(Cl)c1ccccc1. The first-order chi connectivity index (χ1) is 9.66. The number of alkyl halides is 1. The first kappa shape index (κ1) is 14.7. The number of rotatable bonds is 6. The van der Waals surface area contributed by atoms with E-state index in [1.807, 2.05) is 56.3 Å². The number of nitrogens with one attached hydrogen (secondary N) is 1. The second kappa shape index (κ2) is 7.15. The van der Waals surface area contributed by atoms with E-state index in [4.69, 9.17) is 16.3 Å². The average Bonchev–Trinajstić information content (AvgIpc) is 2.46. The number of ether oxygens (including phenoxy) is 1. The van der Waals surface area contributed by atoms with Gasteiger partial charge in [0, 0.05) is 12.7 Å².